The van der Waals surface area contributed by atoms with Crippen molar-refractivity contribution in [1.82, 2.24) is 4.37 Å². The summed E-state index contributed by atoms with van der Waals surface area (Å²) >= 11 is 5.24. The molecule has 0 aromatic carbocycles. The molecule has 1 aliphatic rings. The van der Waals surface area contributed by atoms with Gasteiger partial charge >= 0.3 is 0 Å². The highest BCUT2D eigenvalue weighted by atomic mass is 32.2. The first-order chi connectivity index (χ1) is 6.79. The van der Waals surface area contributed by atoms with Gasteiger partial charge in [-0.1, -0.05) is 6.92 Å². The van der Waals surface area contributed by atoms with E-state index in [1.807, 2.05) is 29.6 Å². The number of hydrogen-bond donors (Lipinski definition) is 1. The van der Waals surface area contributed by atoms with Crippen molar-refractivity contribution in [2.45, 2.75) is 23.5 Å². The van der Waals surface area contributed by atoms with Gasteiger partial charge < -0.3 is 5.11 Å². The van der Waals surface area contributed by atoms with Gasteiger partial charge in [-0.3, -0.25) is 0 Å². The average molecular weight is 247 g/mol. The van der Waals surface area contributed by atoms with Crippen LogP contribution in [0, 0.1) is 0 Å². The molecule has 3 atom stereocenters. The van der Waals surface area contributed by atoms with E-state index in [1.54, 1.807) is 6.20 Å². The molecule has 0 saturated carbocycles. The maximum absolute atomic E-state index is 10.1. The van der Waals surface area contributed by atoms with Crippen LogP contribution in [0.3, 0.4) is 0 Å². The molecule has 1 aromatic heterocycles. The average Bonchev–Trinajstić information content (AvgIpc) is 2.70. The molecule has 0 radical (unpaired) electrons. The predicted octanol–water partition coefficient (Wildman–Crippen LogP) is 2.41. The minimum absolute atomic E-state index is 0.328. The summed E-state index contributed by atoms with van der Waals surface area (Å²) in [4.78, 5) is 0.997. The Balaban J connectivity index is 2.06. The molecule has 14 heavy (non-hydrogen) atoms. The van der Waals surface area contributed by atoms with Gasteiger partial charge in [0.25, 0.3) is 0 Å². The van der Waals surface area contributed by atoms with Crippen LogP contribution < -0.4 is 0 Å². The van der Waals surface area contributed by atoms with Crippen LogP contribution in [0.4, 0.5) is 0 Å². The normalized spacial score (nSPS) is 30.1. The molecule has 1 saturated heterocycles. The second-order valence-electron chi connectivity index (χ2n) is 3.27. The number of aromatic nitrogens is 1. The van der Waals surface area contributed by atoms with Crippen LogP contribution in [-0.2, 0) is 0 Å². The van der Waals surface area contributed by atoms with Crippen molar-refractivity contribution in [3.05, 3.63) is 17.1 Å². The van der Waals surface area contributed by atoms with Gasteiger partial charge in [-0.25, -0.2) is 4.37 Å². The van der Waals surface area contributed by atoms with Crippen molar-refractivity contribution in [3.63, 3.8) is 0 Å². The third kappa shape index (κ3) is 2.27. The zero-order valence-electron chi connectivity index (χ0n) is 7.92. The van der Waals surface area contributed by atoms with Gasteiger partial charge in [-0.15, -0.1) is 0 Å². The molecule has 0 aliphatic carbocycles. The largest absolute Gasteiger partial charge is 0.386 e. The summed E-state index contributed by atoms with van der Waals surface area (Å²) in [5.41, 5.74) is 0. The Kier molecular flexibility index (Phi) is 3.76. The lowest BCUT2D eigenvalue weighted by atomic mass is 10.1. The van der Waals surface area contributed by atoms with Crippen LogP contribution in [0.5, 0.6) is 0 Å². The summed E-state index contributed by atoms with van der Waals surface area (Å²) in [5.74, 6) is 2.35. The van der Waals surface area contributed by atoms with Crippen LogP contribution in [0.15, 0.2) is 12.3 Å². The fourth-order valence-electron chi connectivity index (χ4n) is 1.54. The molecule has 0 spiro atoms. The maximum atomic E-state index is 10.1. The minimum atomic E-state index is -0.338. The quantitative estimate of drug-likeness (QED) is 0.870. The van der Waals surface area contributed by atoms with Gasteiger partial charge in [0.1, 0.15) is 6.10 Å². The van der Waals surface area contributed by atoms with E-state index in [9.17, 15) is 5.11 Å². The highest BCUT2D eigenvalue weighted by molar-refractivity contribution is 8.07. The summed E-state index contributed by atoms with van der Waals surface area (Å²) < 4.78 is 4.03. The highest BCUT2D eigenvalue weighted by Gasteiger charge is 2.30. The van der Waals surface area contributed by atoms with Crippen molar-refractivity contribution in [2.24, 2.45) is 0 Å². The third-order valence-corrected chi connectivity index (χ3v) is 6.29. The Bertz CT molecular complexity index is 278. The fourth-order valence-corrected chi connectivity index (χ4v) is 5.07. The van der Waals surface area contributed by atoms with E-state index in [0.29, 0.717) is 10.5 Å². The zero-order chi connectivity index (χ0) is 9.97. The summed E-state index contributed by atoms with van der Waals surface area (Å²) in [6.45, 7) is 2.20. The van der Waals surface area contributed by atoms with Gasteiger partial charge in [0.05, 0.1) is 4.88 Å². The van der Waals surface area contributed by atoms with E-state index in [2.05, 4.69) is 11.3 Å². The Labute approximate surface area is 96.7 Å². The lowest BCUT2D eigenvalue weighted by molar-refractivity contribution is 0.178. The Hall–Kier alpha value is 0.290. The van der Waals surface area contributed by atoms with Crippen molar-refractivity contribution < 1.29 is 5.11 Å². The standard InChI is InChI=1S/C9H13NOS3/c1-6-9(13-5-4-12-6)8(11)7-2-3-10-14-7/h2-3,6,8-9,11H,4-5H2,1H3. The van der Waals surface area contributed by atoms with Crippen LogP contribution >= 0.6 is 35.1 Å². The topological polar surface area (TPSA) is 33.1 Å². The fraction of sp³-hybridized carbons (Fsp3) is 0.667. The van der Waals surface area contributed by atoms with Crippen LogP contribution in [0.25, 0.3) is 0 Å². The molecule has 2 heterocycles. The van der Waals surface area contributed by atoms with Crippen molar-refractivity contribution in [2.75, 3.05) is 11.5 Å². The number of aliphatic hydroxyl groups excluding tert-OH is 1. The number of rotatable bonds is 2. The lowest BCUT2D eigenvalue weighted by Crippen LogP contribution is -2.28. The molecule has 2 nitrogen and oxygen atoms in total. The van der Waals surface area contributed by atoms with Gasteiger partial charge in [-0.05, 0) is 17.6 Å². The van der Waals surface area contributed by atoms with Gasteiger partial charge in [0, 0.05) is 28.2 Å². The van der Waals surface area contributed by atoms with E-state index in [-0.39, 0.29) is 6.10 Å². The first kappa shape index (κ1) is 10.8. The van der Waals surface area contributed by atoms with E-state index in [0.717, 1.165) is 10.6 Å². The Morgan fingerprint density at radius 1 is 1.50 bits per heavy atom. The maximum Gasteiger partial charge on any atom is 0.103 e. The van der Waals surface area contributed by atoms with Crippen LogP contribution in [0.2, 0.25) is 0 Å². The van der Waals surface area contributed by atoms with Gasteiger partial charge in [-0.2, -0.15) is 23.5 Å². The lowest BCUT2D eigenvalue weighted by Gasteiger charge is -2.30. The number of nitrogens with zero attached hydrogens (tertiary/aromatic N) is 1. The van der Waals surface area contributed by atoms with E-state index < -0.39 is 0 Å². The molecule has 3 unspecified atom stereocenters. The molecular formula is C9H13NOS3. The van der Waals surface area contributed by atoms with Crippen LogP contribution in [-0.4, -0.2) is 31.5 Å². The Morgan fingerprint density at radius 3 is 2.93 bits per heavy atom. The number of hydrogen-bond acceptors (Lipinski definition) is 5. The highest BCUT2D eigenvalue weighted by Crippen LogP contribution is 2.39. The minimum Gasteiger partial charge on any atom is -0.386 e. The summed E-state index contributed by atoms with van der Waals surface area (Å²) in [6, 6.07) is 1.92. The molecule has 1 aromatic rings. The van der Waals surface area contributed by atoms with Gasteiger partial charge in [0.15, 0.2) is 0 Å². The molecule has 5 heteroatoms. The monoisotopic (exact) mass is 247 g/mol. The molecule has 1 N–H and O–H groups in total. The molecular weight excluding hydrogens is 234 g/mol. The third-order valence-electron chi connectivity index (χ3n) is 2.30. The number of thioether (sulfide) groups is 2. The summed E-state index contributed by atoms with van der Waals surface area (Å²) in [7, 11) is 0. The SMILES string of the molecule is CC1SCCSC1C(O)c1ccns1. The summed E-state index contributed by atoms with van der Waals surface area (Å²) in [5, 5.41) is 11.0. The number of aliphatic hydroxyl groups is 1. The van der Waals surface area contributed by atoms with E-state index in [4.69, 9.17) is 0 Å². The van der Waals surface area contributed by atoms with E-state index >= 15 is 0 Å². The molecule has 0 bridgehead atoms. The first-order valence-corrected chi connectivity index (χ1v) is 7.48. The Morgan fingerprint density at radius 2 is 2.29 bits per heavy atom. The van der Waals surface area contributed by atoms with Crippen molar-refractivity contribution >= 4 is 35.1 Å². The zero-order valence-corrected chi connectivity index (χ0v) is 10.4. The molecule has 1 fully saturated rings. The second-order valence-corrected chi connectivity index (χ2v) is 6.91. The smallest absolute Gasteiger partial charge is 0.103 e. The predicted molar refractivity (Wildman–Crippen MR) is 65.2 cm³/mol. The van der Waals surface area contributed by atoms with Crippen molar-refractivity contribution in [3.8, 4) is 0 Å². The molecule has 78 valence electrons. The molecule has 1 aliphatic heterocycles. The van der Waals surface area contributed by atoms with Crippen LogP contribution in [0.1, 0.15) is 17.9 Å². The second kappa shape index (κ2) is 4.88. The van der Waals surface area contributed by atoms with Crippen molar-refractivity contribution in [1.29, 1.82) is 0 Å². The summed E-state index contributed by atoms with van der Waals surface area (Å²) in [6.07, 6.45) is 1.42. The molecule has 0 amide bonds. The van der Waals surface area contributed by atoms with Gasteiger partial charge in [0.2, 0.25) is 0 Å². The van der Waals surface area contributed by atoms with E-state index in [1.165, 1.54) is 17.3 Å². The first-order valence-electron chi connectivity index (χ1n) is 4.61. The molecule has 2 rings (SSSR count).